The Kier molecular flexibility index (Phi) is 5.29. The second-order valence-corrected chi connectivity index (χ2v) is 7.71. The molecule has 4 rings (SSSR count). The molecule has 0 amide bonds. The van der Waals surface area contributed by atoms with Gasteiger partial charge in [0.15, 0.2) is 0 Å². The van der Waals surface area contributed by atoms with Crippen LogP contribution in [0.3, 0.4) is 0 Å². The van der Waals surface area contributed by atoms with E-state index in [0.717, 1.165) is 17.7 Å². The van der Waals surface area contributed by atoms with Gasteiger partial charge in [-0.05, 0) is 18.6 Å². The third-order valence-electron chi connectivity index (χ3n) is 5.43. The number of para-hydroxylation sites is 1. The molecule has 2 aliphatic rings. The third-order valence-corrected chi connectivity index (χ3v) is 5.75. The van der Waals surface area contributed by atoms with Crippen molar-refractivity contribution in [2.24, 2.45) is 10.8 Å². The van der Waals surface area contributed by atoms with Gasteiger partial charge < -0.3 is 15.5 Å². The summed E-state index contributed by atoms with van der Waals surface area (Å²) < 4.78 is 0. The van der Waals surface area contributed by atoms with Gasteiger partial charge in [0.25, 0.3) is 5.69 Å². The molecule has 0 fully saturated rings. The Morgan fingerprint density at radius 1 is 1.31 bits per heavy atom. The minimum Gasteiger partial charge on any atom is -0.348 e. The molecule has 152 valence electrons. The monoisotopic (exact) mass is 414 g/mol. The zero-order valence-corrected chi connectivity index (χ0v) is 16.9. The van der Waals surface area contributed by atoms with Gasteiger partial charge in [-0.25, -0.2) is 0 Å². The van der Waals surface area contributed by atoms with Crippen molar-refractivity contribution in [1.82, 2.24) is 9.91 Å². The molecule has 2 aliphatic heterocycles. The van der Waals surface area contributed by atoms with Crippen LogP contribution in [0.5, 0.6) is 0 Å². The van der Waals surface area contributed by atoms with Crippen molar-refractivity contribution in [3.63, 3.8) is 0 Å². The smallest absolute Gasteiger partial charge is 0.274 e. The van der Waals surface area contributed by atoms with E-state index in [9.17, 15) is 10.1 Å². The Hall–Kier alpha value is -2.84. The van der Waals surface area contributed by atoms with Gasteiger partial charge in [-0.3, -0.25) is 15.1 Å². The number of nitro groups is 1. The zero-order chi connectivity index (χ0) is 20.5. The summed E-state index contributed by atoms with van der Waals surface area (Å²) in [4.78, 5) is 15.6. The van der Waals surface area contributed by atoms with E-state index < -0.39 is 0 Å². The summed E-state index contributed by atoms with van der Waals surface area (Å²) in [5, 5.41) is 18.9. The first-order chi connectivity index (χ1) is 14.0. The number of benzene rings is 2. The summed E-state index contributed by atoms with van der Waals surface area (Å²) >= 11 is 6.44. The normalized spacial score (nSPS) is 19.0. The van der Waals surface area contributed by atoms with Crippen LogP contribution < -0.4 is 10.6 Å². The van der Waals surface area contributed by atoms with Crippen LogP contribution in [0.2, 0.25) is 5.02 Å². The fourth-order valence-corrected chi connectivity index (χ4v) is 4.14. The minimum atomic E-state index is -0.322. The number of hydrazone groups is 1. The van der Waals surface area contributed by atoms with Gasteiger partial charge in [-0.1, -0.05) is 42.8 Å². The molecule has 0 aliphatic carbocycles. The van der Waals surface area contributed by atoms with E-state index in [-0.39, 0.29) is 22.8 Å². The average Bonchev–Trinajstić information content (AvgIpc) is 3.00. The van der Waals surface area contributed by atoms with Gasteiger partial charge in [0, 0.05) is 17.7 Å². The molecule has 2 unspecified atom stereocenters. The van der Waals surface area contributed by atoms with Crippen LogP contribution in [0, 0.1) is 10.1 Å². The maximum absolute atomic E-state index is 11.8. The zero-order valence-electron chi connectivity index (χ0n) is 16.1. The van der Waals surface area contributed by atoms with Crippen LogP contribution >= 0.6 is 11.6 Å². The number of nitro benzene ring substituents is 1. The molecule has 2 N–H and O–H groups in total. The van der Waals surface area contributed by atoms with E-state index in [4.69, 9.17) is 17.3 Å². The molecule has 2 heterocycles. The van der Waals surface area contributed by atoms with Gasteiger partial charge in [-0.2, -0.15) is 5.10 Å². The van der Waals surface area contributed by atoms with E-state index >= 15 is 0 Å². The molecule has 0 spiro atoms. The second-order valence-electron chi connectivity index (χ2n) is 7.30. The molecule has 0 bridgehead atoms. The number of anilines is 1. The highest BCUT2D eigenvalue weighted by Crippen LogP contribution is 2.40. The quantitative estimate of drug-likeness (QED) is 0.594. The van der Waals surface area contributed by atoms with Gasteiger partial charge in [-0.15, -0.1) is 0 Å². The Morgan fingerprint density at radius 3 is 2.83 bits per heavy atom. The van der Waals surface area contributed by atoms with Crippen LogP contribution in [0.25, 0.3) is 0 Å². The molecule has 2 aromatic carbocycles. The lowest BCUT2D eigenvalue weighted by molar-refractivity contribution is -0.385. The van der Waals surface area contributed by atoms with Crippen molar-refractivity contribution in [3.05, 3.63) is 68.7 Å². The summed E-state index contributed by atoms with van der Waals surface area (Å²) in [6.45, 7) is 3.49. The molecule has 0 saturated carbocycles. The van der Waals surface area contributed by atoms with Crippen LogP contribution in [-0.2, 0) is 6.54 Å². The predicted octanol–water partition coefficient (Wildman–Crippen LogP) is 3.52. The summed E-state index contributed by atoms with van der Waals surface area (Å²) in [5.41, 5.74) is 8.66. The van der Waals surface area contributed by atoms with Crippen molar-refractivity contribution in [3.8, 4) is 0 Å². The highest BCUT2D eigenvalue weighted by Gasteiger charge is 2.38. The van der Waals surface area contributed by atoms with Crippen LogP contribution in [0.4, 0.5) is 11.4 Å². The van der Waals surface area contributed by atoms with Crippen LogP contribution in [-0.4, -0.2) is 40.4 Å². The number of hydrogen-bond donors (Lipinski definition) is 1. The lowest BCUT2D eigenvalue weighted by Gasteiger charge is -2.33. The SMILES string of the molecule is CCC(N)CN1N=CN2CN(c3ccccc3Cl)Cc3c(cccc3[N+](=O)[O-])C21. The number of nitrogens with two attached hydrogens (primary N) is 1. The summed E-state index contributed by atoms with van der Waals surface area (Å²) in [5.74, 6) is 0. The molecule has 9 heteroatoms. The van der Waals surface area contributed by atoms with Crippen molar-refractivity contribution >= 4 is 29.3 Å². The summed E-state index contributed by atoms with van der Waals surface area (Å²) in [7, 11) is 0. The average molecular weight is 415 g/mol. The molecule has 29 heavy (non-hydrogen) atoms. The maximum atomic E-state index is 11.8. The first kappa shape index (κ1) is 19.5. The maximum Gasteiger partial charge on any atom is 0.274 e. The van der Waals surface area contributed by atoms with Gasteiger partial charge in [0.2, 0.25) is 0 Å². The molecule has 2 atom stereocenters. The number of hydrogen-bond acceptors (Lipinski definition) is 7. The molecule has 8 nitrogen and oxygen atoms in total. The first-order valence-electron chi connectivity index (χ1n) is 9.57. The fourth-order valence-electron chi connectivity index (χ4n) is 3.88. The van der Waals surface area contributed by atoms with E-state index in [1.54, 1.807) is 18.5 Å². The number of rotatable bonds is 5. The fraction of sp³-hybridized carbons (Fsp3) is 0.350. The predicted molar refractivity (Wildman–Crippen MR) is 114 cm³/mol. The molecule has 0 radical (unpaired) electrons. The number of nitrogens with zero attached hydrogens (tertiary/aromatic N) is 5. The van der Waals surface area contributed by atoms with Crippen molar-refractivity contribution in [1.29, 1.82) is 0 Å². The molecule has 0 saturated heterocycles. The van der Waals surface area contributed by atoms with Crippen molar-refractivity contribution in [2.75, 3.05) is 18.1 Å². The highest BCUT2D eigenvalue weighted by atomic mass is 35.5. The highest BCUT2D eigenvalue weighted by molar-refractivity contribution is 6.33. The van der Waals surface area contributed by atoms with Gasteiger partial charge >= 0.3 is 0 Å². The van der Waals surface area contributed by atoms with Crippen molar-refractivity contribution in [2.45, 2.75) is 32.1 Å². The number of halogens is 1. The Morgan fingerprint density at radius 2 is 2.10 bits per heavy atom. The Labute approximate surface area is 174 Å². The lowest BCUT2D eigenvalue weighted by Crippen LogP contribution is -2.41. The topological polar surface area (TPSA) is 91.2 Å². The van der Waals surface area contributed by atoms with Crippen molar-refractivity contribution < 1.29 is 4.92 Å². The van der Waals surface area contributed by atoms with E-state index in [2.05, 4.69) is 10.0 Å². The molecular formula is C20H23ClN6O2. The van der Waals surface area contributed by atoms with Crippen LogP contribution in [0.1, 0.15) is 30.6 Å². The van der Waals surface area contributed by atoms with E-state index in [0.29, 0.717) is 30.3 Å². The third kappa shape index (κ3) is 3.61. The molecule has 0 aromatic heterocycles. The molecular weight excluding hydrogens is 392 g/mol. The Bertz CT molecular complexity index is 952. The van der Waals surface area contributed by atoms with Gasteiger partial charge in [0.1, 0.15) is 12.5 Å². The second kappa shape index (κ2) is 7.88. The largest absolute Gasteiger partial charge is 0.348 e. The first-order valence-corrected chi connectivity index (χ1v) is 9.95. The molecule has 2 aromatic rings. The summed E-state index contributed by atoms with van der Waals surface area (Å²) in [6, 6.07) is 12.7. The van der Waals surface area contributed by atoms with E-state index in [1.807, 2.05) is 47.2 Å². The van der Waals surface area contributed by atoms with E-state index in [1.165, 1.54) is 0 Å². The standard InChI is InChI=1S/C20H23ClN6O2/c1-2-14(22)10-26-20-15-6-5-9-18(27(28)29)16(15)11-24(13-25(20)12-23-26)19-8-4-3-7-17(19)21/h3-9,12,14,20H,2,10-11,13,22H2,1H3. The number of fused-ring (bicyclic) bond motifs is 3. The van der Waals surface area contributed by atoms with Gasteiger partial charge in [0.05, 0.1) is 41.0 Å². The minimum absolute atomic E-state index is 0.0304. The lowest BCUT2D eigenvalue weighted by atomic mass is 10.0. The summed E-state index contributed by atoms with van der Waals surface area (Å²) in [6.07, 6.45) is 2.37. The van der Waals surface area contributed by atoms with Crippen LogP contribution in [0.15, 0.2) is 47.6 Å². The Balaban J connectivity index is 1.81.